The van der Waals surface area contributed by atoms with Crippen molar-refractivity contribution in [1.82, 2.24) is 0 Å². The zero-order valence-electron chi connectivity index (χ0n) is 29.7. The first-order chi connectivity index (χ1) is 26.3. The predicted octanol–water partition coefficient (Wildman–Crippen LogP) is 13.3. The normalized spacial score (nSPS) is 12.8. The van der Waals surface area contributed by atoms with E-state index in [1.165, 1.54) is 44.5 Å². The molecule has 0 aromatic heterocycles. The summed E-state index contributed by atoms with van der Waals surface area (Å²) in [5.41, 5.74) is 8.97. The van der Waals surface area contributed by atoms with Crippen molar-refractivity contribution in [2.75, 3.05) is 0 Å². The average molecular weight is 699 g/mol. The zero-order valence-corrected chi connectivity index (χ0v) is 30.5. The Balaban J connectivity index is 1.51. The van der Waals surface area contributed by atoms with Gasteiger partial charge < -0.3 is 0 Å². The highest BCUT2D eigenvalue weighted by molar-refractivity contribution is 8.00. The smallest absolute Gasteiger partial charge is 0.0610 e. The molecular formula is C52H42S. The van der Waals surface area contributed by atoms with Crippen LogP contribution >= 0.6 is 11.8 Å². The summed E-state index contributed by atoms with van der Waals surface area (Å²) in [4.78, 5) is 0. The molecule has 8 aromatic rings. The van der Waals surface area contributed by atoms with Gasteiger partial charge in [-0.1, -0.05) is 243 Å². The predicted molar refractivity (Wildman–Crippen MR) is 224 cm³/mol. The molecule has 0 N–H and O–H groups in total. The first-order valence-corrected chi connectivity index (χ1v) is 19.4. The summed E-state index contributed by atoms with van der Waals surface area (Å²) >= 11 is 2.08. The van der Waals surface area contributed by atoms with Gasteiger partial charge in [0.15, 0.2) is 0 Å². The van der Waals surface area contributed by atoms with Crippen LogP contribution in [0.3, 0.4) is 0 Å². The Morgan fingerprint density at radius 2 is 0.396 bits per heavy atom. The van der Waals surface area contributed by atoms with Crippen molar-refractivity contribution in [3.63, 3.8) is 0 Å². The van der Waals surface area contributed by atoms with Gasteiger partial charge in [0.2, 0.25) is 0 Å². The summed E-state index contributed by atoms with van der Waals surface area (Å²) in [6.45, 7) is 0. The van der Waals surface area contributed by atoms with E-state index < -0.39 is 10.8 Å². The minimum atomic E-state index is -0.571. The third kappa shape index (κ3) is 6.43. The Labute approximate surface area is 318 Å². The number of hydrogen-bond donors (Lipinski definition) is 0. The number of rotatable bonds is 12. The largest absolute Gasteiger partial charge is 0.142 e. The minimum absolute atomic E-state index is 0.0726. The van der Waals surface area contributed by atoms with Crippen LogP contribution in [0.2, 0.25) is 0 Å². The Kier molecular flexibility index (Phi) is 10.2. The number of benzene rings is 8. The Morgan fingerprint density at radius 1 is 0.226 bits per heavy atom. The molecule has 8 aromatic carbocycles. The lowest BCUT2D eigenvalue weighted by Gasteiger charge is -2.48. The van der Waals surface area contributed by atoms with Crippen molar-refractivity contribution in [3.05, 3.63) is 287 Å². The van der Waals surface area contributed by atoms with Gasteiger partial charge in [0, 0.05) is 10.5 Å². The van der Waals surface area contributed by atoms with Crippen molar-refractivity contribution in [3.8, 4) is 0 Å². The molecule has 8 rings (SSSR count). The molecular weight excluding hydrogens is 657 g/mol. The number of hydrogen-bond acceptors (Lipinski definition) is 1. The summed E-state index contributed by atoms with van der Waals surface area (Å²) in [5, 5.41) is -0.145. The van der Waals surface area contributed by atoms with Crippen LogP contribution in [-0.2, 0) is 10.8 Å². The zero-order chi connectivity index (χ0) is 35.8. The van der Waals surface area contributed by atoms with E-state index in [4.69, 9.17) is 0 Å². The number of thioether (sulfide) groups is 1. The molecule has 0 aliphatic carbocycles. The van der Waals surface area contributed by atoms with Gasteiger partial charge in [0.1, 0.15) is 0 Å². The van der Waals surface area contributed by atoms with Crippen molar-refractivity contribution in [2.45, 2.75) is 21.3 Å². The summed E-state index contributed by atoms with van der Waals surface area (Å²) in [7, 11) is 0. The van der Waals surface area contributed by atoms with Crippen molar-refractivity contribution in [2.24, 2.45) is 0 Å². The van der Waals surface area contributed by atoms with Crippen LogP contribution in [-0.4, -0.2) is 0 Å². The summed E-state index contributed by atoms with van der Waals surface area (Å²) in [6.07, 6.45) is 0. The van der Waals surface area contributed by atoms with E-state index in [2.05, 4.69) is 254 Å². The molecule has 2 unspecified atom stereocenters. The van der Waals surface area contributed by atoms with E-state index in [-0.39, 0.29) is 10.5 Å². The van der Waals surface area contributed by atoms with Crippen LogP contribution < -0.4 is 0 Å². The molecule has 2 atom stereocenters. The third-order valence-corrected chi connectivity index (χ3v) is 12.4. The fraction of sp³-hybridized carbons (Fsp3) is 0.0769. The molecule has 0 bridgehead atoms. The first kappa shape index (κ1) is 34.2. The highest BCUT2D eigenvalue weighted by Crippen LogP contribution is 2.63. The van der Waals surface area contributed by atoms with E-state index in [0.29, 0.717) is 0 Å². The summed E-state index contributed by atoms with van der Waals surface area (Å²) in [5.74, 6) is 0. The van der Waals surface area contributed by atoms with Crippen LogP contribution in [0, 0.1) is 0 Å². The molecule has 1 heteroatoms. The fourth-order valence-electron chi connectivity index (χ4n) is 8.37. The standard InChI is InChI=1S/C52H42S/c1-9-25-41(26-10-1)49(51(43-29-13-3-14-30-43,44-31-15-4-16-32-44)45-33-17-5-18-34-45)53-50(42-27-11-2-12-28-42)52(46-35-19-6-20-36-46,47-37-21-7-22-38-47)48-39-23-8-24-40-48/h1-40,49-50H. The molecule has 0 saturated carbocycles. The van der Waals surface area contributed by atoms with Crippen LogP contribution in [0.5, 0.6) is 0 Å². The molecule has 0 saturated heterocycles. The van der Waals surface area contributed by atoms with Crippen molar-refractivity contribution >= 4 is 11.8 Å². The Bertz CT molecular complexity index is 1910. The Hall–Kier alpha value is -5.89. The summed E-state index contributed by atoms with van der Waals surface area (Å²) < 4.78 is 0. The van der Waals surface area contributed by atoms with Gasteiger partial charge in [-0.3, -0.25) is 0 Å². The van der Waals surface area contributed by atoms with E-state index in [0.717, 1.165) is 0 Å². The molecule has 0 amide bonds. The van der Waals surface area contributed by atoms with Gasteiger partial charge in [0.05, 0.1) is 10.8 Å². The van der Waals surface area contributed by atoms with Gasteiger partial charge in [-0.2, -0.15) is 0 Å². The summed E-state index contributed by atoms with van der Waals surface area (Å²) in [6, 6.07) is 89.4. The van der Waals surface area contributed by atoms with E-state index in [1.807, 2.05) is 0 Å². The SMILES string of the molecule is c1ccc(C(SC(c2ccccc2)C(c2ccccc2)(c2ccccc2)c2ccccc2)C(c2ccccc2)(c2ccccc2)c2ccccc2)cc1. The van der Waals surface area contributed by atoms with E-state index in [1.54, 1.807) is 0 Å². The van der Waals surface area contributed by atoms with Crippen LogP contribution in [0.4, 0.5) is 0 Å². The van der Waals surface area contributed by atoms with Crippen LogP contribution in [0.25, 0.3) is 0 Å². The maximum absolute atomic E-state index is 2.33. The third-order valence-electron chi connectivity index (χ3n) is 10.6. The Morgan fingerprint density at radius 3 is 0.585 bits per heavy atom. The lowest BCUT2D eigenvalue weighted by molar-refractivity contribution is 0.569. The monoisotopic (exact) mass is 698 g/mol. The van der Waals surface area contributed by atoms with Gasteiger partial charge >= 0.3 is 0 Å². The molecule has 256 valence electrons. The lowest BCUT2D eigenvalue weighted by atomic mass is 9.65. The second-order valence-electron chi connectivity index (χ2n) is 13.5. The molecule has 53 heavy (non-hydrogen) atoms. The highest BCUT2D eigenvalue weighted by Gasteiger charge is 2.51. The molecule has 0 aliphatic rings. The first-order valence-electron chi connectivity index (χ1n) is 18.4. The maximum Gasteiger partial charge on any atom is 0.0610 e. The van der Waals surface area contributed by atoms with Crippen molar-refractivity contribution < 1.29 is 0 Å². The average Bonchev–Trinajstić information content (AvgIpc) is 3.26. The van der Waals surface area contributed by atoms with Gasteiger partial charge in [-0.15, -0.1) is 11.8 Å². The topological polar surface area (TPSA) is 0 Å². The van der Waals surface area contributed by atoms with E-state index in [9.17, 15) is 0 Å². The molecule has 0 spiro atoms. The lowest BCUT2D eigenvalue weighted by Crippen LogP contribution is -2.39. The van der Waals surface area contributed by atoms with Gasteiger partial charge in [-0.05, 0) is 44.5 Å². The molecule has 0 aliphatic heterocycles. The molecule has 0 heterocycles. The second kappa shape index (κ2) is 15.8. The molecule has 0 nitrogen and oxygen atoms in total. The quantitative estimate of drug-likeness (QED) is 0.114. The van der Waals surface area contributed by atoms with Gasteiger partial charge in [0.25, 0.3) is 0 Å². The second-order valence-corrected chi connectivity index (χ2v) is 14.7. The molecule has 0 fully saturated rings. The van der Waals surface area contributed by atoms with Crippen LogP contribution in [0.1, 0.15) is 55.0 Å². The van der Waals surface area contributed by atoms with E-state index >= 15 is 0 Å². The maximum atomic E-state index is 2.33. The van der Waals surface area contributed by atoms with Crippen LogP contribution in [0.15, 0.2) is 243 Å². The van der Waals surface area contributed by atoms with Crippen molar-refractivity contribution in [1.29, 1.82) is 0 Å². The van der Waals surface area contributed by atoms with Gasteiger partial charge in [-0.25, -0.2) is 0 Å². The highest BCUT2D eigenvalue weighted by atomic mass is 32.2. The minimum Gasteiger partial charge on any atom is -0.142 e. The fourth-order valence-corrected chi connectivity index (χ4v) is 10.5. The molecule has 0 radical (unpaired) electrons.